The lowest BCUT2D eigenvalue weighted by Crippen LogP contribution is -2.50. The van der Waals surface area contributed by atoms with Crippen molar-refractivity contribution in [3.63, 3.8) is 0 Å². The molecule has 30 heavy (non-hydrogen) atoms. The van der Waals surface area contributed by atoms with E-state index in [2.05, 4.69) is 5.32 Å². The van der Waals surface area contributed by atoms with Crippen LogP contribution >= 0.6 is 11.6 Å². The van der Waals surface area contributed by atoms with Crippen molar-refractivity contribution >= 4 is 23.4 Å². The zero-order chi connectivity index (χ0) is 22.1. The minimum Gasteiger partial charge on any atom is -0.484 e. The predicted molar refractivity (Wildman–Crippen MR) is 121 cm³/mol. The zero-order valence-electron chi connectivity index (χ0n) is 18.2. The lowest BCUT2D eigenvalue weighted by Gasteiger charge is -2.31. The van der Waals surface area contributed by atoms with Crippen molar-refractivity contribution in [1.29, 1.82) is 0 Å². The highest BCUT2D eigenvalue weighted by Gasteiger charge is 2.29. The van der Waals surface area contributed by atoms with Gasteiger partial charge in [0, 0.05) is 18.1 Å². The molecule has 0 fully saturated rings. The van der Waals surface area contributed by atoms with E-state index in [4.69, 9.17) is 16.3 Å². The Balaban J connectivity index is 2.18. The lowest BCUT2D eigenvalue weighted by molar-refractivity contribution is -0.143. The second-order valence-electron chi connectivity index (χ2n) is 7.82. The second kappa shape index (κ2) is 11.6. The second-order valence-corrected chi connectivity index (χ2v) is 8.25. The van der Waals surface area contributed by atoms with Gasteiger partial charge < -0.3 is 15.0 Å². The number of nitrogens with one attached hydrogen (secondary N) is 1. The molecule has 2 amide bonds. The quantitative estimate of drug-likeness (QED) is 0.598. The minimum absolute atomic E-state index is 0.140. The first-order valence-electron chi connectivity index (χ1n) is 10.3. The topological polar surface area (TPSA) is 58.6 Å². The molecule has 162 valence electrons. The number of halogens is 1. The summed E-state index contributed by atoms with van der Waals surface area (Å²) in [5, 5.41) is 3.56. The van der Waals surface area contributed by atoms with Crippen LogP contribution in [0.1, 0.15) is 38.3 Å². The summed E-state index contributed by atoms with van der Waals surface area (Å²) < 4.78 is 5.66. The maximum Gasteiger partial charge on any atom is 0.261 e. The summed E-state index contributed by atoms with van der Waals surface area (Å²) in [5.74, 6) is 0.512. The average molecular weight is 431 g/mol. The molecule has 2 aromatic rings. The molecule has 5 nitrogen and oxygen atoms in total. The summed E-state index contributed by atoms with van der Waals surface area (Å²) >= 11 is 5.90. The van der Waals surface area contributed by atoms with Crippen molar-refractivity contribution in [1.82, 2.24) is 10.2 Å². The number of hydrogen-bond donors (Lipinski definition) is 1. The maximum atomic E-state index is 13.1. The highest BCUT2D eigenvalue weighted by molar-refractivity contribution is 6.30. The number of ether oxygens (including phenoxy) is 1. The van der Waals surface area contributed by atoms with E-state index in [9.17, 15) is 9.59 Å². The van der Waals surface area contributed by atoms with Crippen molar-refractivity contribution in [3.8, 4) is 5.75 Å². The molecule has 0 spiro atoms. The Morgan fingerprint density at radius 1 is 1.13 bits per heavy atom. The van der Waals surface area contributed by atoms with Gasteiger partial charge in [-0.2, -0.15) is 0 Å². The van der Waals surface area contributed by atoms with Crippen LogP contribution in [0.25, 0.3) is 0 Å². The monoisotopic (exact) mass is 430 g/mol. The number of rotatable bonds is 10. The Bertz CT molecular complexity index is 837. The van der Waals surface area contributed by atoms with Gasteiger partial charge in [-0.1, -0.05) is 62.2 Å². The summed E-state index contributed by atoms with van der Waals surface area (Å²) in [4.78, 5) is 27.6. The van der Waals surface area contributed by atoms with Gasteiger partial charge in [0.25, 0.3) is 5.91 Å². The third-order valence-corrected chi connectivity index (χ3v) is 4.93. The molecule has 0 saturated heterocycles. The number of carbonyl (C=O) groups is 2. The highest BCUT2D eigenvalue weighted by atomic mass is 35.5. The Hall–Kier alpha value is -2.53. The fourth-order valence-electron chi connectivity index (χ4n) is 3.11. The van der Waals surface area contributed by atoms with Crippen LogP contribution in [0, 0.1) is 12.8 Å². The normalized spacial score (nSPS) is 11.8. The first kappa shape index (κ1) is 23.7. The van der Waals surface area contributed by atoms with Crippen molar-refractivity contribution in [2.75, 3.05) is 13.2 Å². The minimum atomic E-state index is -0.564. The van der Waals surface area contributed by atoms with Crippen LogP contribution in [0.3, 0.4) is 0 Å². The molecular weight excluding hydrogens is 400 g/mol. The van der Waals surface area contributed by atoms with Gasteiger partial charge in [-0.05, 0) is 49.1 Å². The summed E-state index contributed by atoms with van der Waals surface area (Å²) in [5.41, 5.74) is 2.08. The Kier molecular flexibility index (Phi) is 9.18. The van der Waals surface area contributed by atoms with Gasteiger partial charge in [-0.25, -0.2) is 0 Å². The molecule has 0 saturated carbocycles. The SMILES string of the molecule is CCC(C(=O)NCC(C)C)N(Cc1cccc(C)c1)C(=O)COc1ccc(Cl)cc1. The van der Waals surface area contributed by atoms with Gasteiger partial charge >= 0.3 is 0 Å². The Labute approximate surface area is 184 Å². The number of carbonyl (C=O) groups excluding carboxylic acids is 2. The molecule has 0 bridgehead atoms. The summed E-state index contributed by atoms with van der Waals surface area (Å²) in [6.45, 7) is 8.76. The van der Waals surface area contributed by atoms with Crippen LogP contribution < -0.4 is 10.1 Å². The van der Waals surface area contributed by atoms with E-state index in [1.165, 1.54) is 0 Å². The van der Waals surface area contributed by atoms with Gasteiger partial charge in [-0.3, -0.25) is 9.59 Å². The number of benzene rings is 2. The molecule has 0 aromatic heterocycles. The van der Waals surface area contributed by atoms with Gasteiger partial charge in [0.05, 0.1) is 0 Å². The molecule has 2 rings (SSSR count). The molecule has 0 radical (unpaired) electrons. The first-order valence-corrected chi connectivity index (χ1v) is 10.7. The number of nitrogens with zero attached hydrogens (tertiary/aromatic N) is 1. The van der Waals surface area contributed by atoms with Gasteiger partial charge in [0.1, 0.15) is 11.8 Å². The third kappa shape index (κ3) is 7.38. The molecular formula is C24H31ClN2O3. The molecule has 0 aliphatic heterocycles. The highest BCUT2D eigenvalue weighted by Crippen LogP contribution is 2.17. The van der Waals surface area contributed by atoms with Crippen molar-refractivity contribution in [2.24, 2.45) is 5.92 Å². The van der Waals surface area contributed by atoms with Crippen LogP contribution in [0.15, 0.2) is 48.5 Å². The summed E-state index contributed by atoms with van der Waals surface area (Å²) in [6.07, 6.45) is 0.516. The molecule has 1 N–H and O–H groups in total. The molecule has 2 aromatic carbocycles. The molecule has 1 atom stereocenters. The lowest BCUT2D eigenvalue weighted by atomic mass is 10.1. The maximum absolute atomic E-state index is 13.1. The standard InChI is InChI=1S/C24H31ClN2O3/c1-5-22(24(29)26-14-17(2)3)27(15-19-8-6-7-18(4)13-19)23(28)16-30-21-11-9-20(25)10-12-21/h6-13,17,22H,5,14-16H2,1-4H3,(H,26,29). The van der Waals surface area contributed by atoms with E-state index in [-0.39, 0.29) is 18.4 Å². The fraction of sp³-hybridized carbons (Fsp3) is 0.417. The predicted octanol–water partition coefficient (Wildman–Crippen LogP) is 4.61. The molecule has 0 aliphatic carbocycles. The van der Waals surface area contributed by atoms with Gasteiger partial charge in [0.2, 0.25) is 5.91 Å². The van der Waals surface area contributed by atoms with Crippen LogP contribution in [-0.4, -0.2) is 35.9 Å². The summed E-state index contributed by atoms with van der Waals surface area (Å²) in [6, 6.07) is 14.2. The van der Waals surface area contributed by atoms with E-state index in [0.29, 0.717) is 36.2 Å². The summed E-state index contributed by atoms with van der Waals surface area (Å²) in [7, 11) is 0. The first-order chi connectivity index (χ1) is 14.3. The largest absolute Gasteiger partial charge is 0.484 e. The van der Waals surface area contributed by atoms with Crippen LogP contribution in [0.4, 0.5) is 0 Å². The molecule has 0 aliphatic rings. The van der Waals surface area contributed by atoms with Gasteiger partial charge in [0.15, 0.2) is 6.61 Å². The Morgan fingerprint density at radius 3 is 2.43 bits per heavy atom. The Morgan fingerprint density at radius 2 is 1.83 bits per heavy atom. The van der Waals surface area contributed by atoms with Crippen molar-refractivity contribution in [3.05, 3.63) is 64.7 Å². The number of aryl methyl sites for hydroxylation is 1. The van der Waals surface area contributed by atoms with Gasteiger partial charge in [-0.15, -0.1) is 0 Å². The van der Waals surface area contributed by atoms with E-state index in [0.717, 1.165) is 11.1 Å². The van der Waals surface area contributed by atoms with E-state index in [1.54, 1.807) is 29.2 Å². The average Bonchev–Trinajstić information content (AvgIpc) is 2.71. The molecule has 6 heteroatoms. The number of hydrogen-bond acceptors (Lipinski definition) is 3. The zero-order valence-corrected chi connectivity index (χ0v) is 18.9. The molecule has 0 heterocycles. The van der Waals surface area contributed by atoms with E-state index < -0.39 is 6.04 Å². The van der Waals surface area contributed by atoms with Crippen LogP contribution in [0.5, 0.6) is 5.75 Å². The van der Waals surface area contributed by atoms with Crippen molar-refractivity contribution < 1.29 is 14.3 Å². The third-order valence-electron chi connectivity index (χ3n) is 4.68. The van der Waals surface area contributed by atoms with E-state index in [1.807, 2.05) is 52.0 Å². The molecule has 1 unspecified atom stereocenters. The van der Waals surface area contributed by atoms with E-state index >= 15 is 0 Å². The number of amides is 2. The van der Waals surface area contributed by atoms with Crippen LogP contribution in [-0.2, 0) is 16.1 Å². The van der Waals surface area contributed by atoms with Crippen molar-refractivity contribution in [2.45, 2.75) is 46.7 Å². The smallest absolute Gasteiger partial charge is 0.261 e. The fourth-order valence-corrected chi connectivity index (χ4v) is 3.23. The van der Waals surface area contributed by atoms with Crippen LogP contribution in [0.2, 0.25) is 5.02 Å².